The van der Waals surface area contributed by atoms with Crippen molar-refractivity contribution in [1.82, 2.24) is 9.30 Å². The average Bonchev–Trinajstić information content (AvgIpc) is 3.27. The van der Waals surface area contributed by atoms with Gasteiger partial charge in [0.2, 0.25) is 0 Å². The van der Waals surface area contributed by atoms with Crippen molar-refractivity contribution in [3.8, 4) is 11.1 Å². The third kappa shape index (κ3) is 4.44. The van der Waals surface area contributed by atoms with Crippen molar-refractivity contribution < 1.29 is 27.2 Å². The van der Waals surface area contributed by atoms with Gasteiger partial charge in [-0.1, -0.05) is 24.3 Å². The van der Waals surface area contributed by atoms with E-state index in [0.717, 1.165) is 12.1 Å². The molecule has 0 aliphatic carbocycles. The second-order valence-corrected chi connectivity index (χ2v) is 8.57. The van der Waals surface area contributed by atoms with E-state index in [9.17, 15) is 27.2 Å². The molecular formula is C27H21F4N3O2. The zero-order chi connectivity index (χ0) is 25.4. The zero-order valence-electron chi connectivity index (χ0n) is 19.0. The number of rotatable bonds is 4. The first-order valence-electron chi connectivity index (χ1n) is 11.3. The van der Waals surface area contributed by atoms with Gasteiger partial charge in [-0.3, -0.25) is 9.59 Å². The van der Waals surface area contributed by atoms with Crippen LogP contribution in [0.15, 0.2) is 79.0 Å². The lowest BCUT2D eigenvalue weighted by atomic mass is 10.0. The van der Waals surface area contributed by atoms with E-state index in [0.29, 0.717) is 35.4 Å². The van der Waals surface area contributed by atoms with E-state index in [4.69, 9.17) is 0 Å². The molecule has 0 spiro atoms. The van der Waals surface area contributed by atoms with Gasteiger partial charge in [0.15, 0.2) is 0 Å². The molecule has 0 unspecified atom stereocenters. The lowest BCUT2D eigenvalue weighted by molar-refractivity contribution is -0.137. The van der Waals surface area contributed by atoms with Gasteiger partial charge >= 0.3 is 6.18 Å². The third-order valence-electron chi connectivity index (χ3n) is 6.35. The number of carbonyl (C=O) groups excluding carboxylic acids is 2. The molecule has 0 radical (unpaired) electrons. The highest BCUT2D eigenvalue weighted by Crippen LogP contribution is 2.32. The number of pyridine rings is 1. The Bertz CT molecular complexity index is 1440. The topological polar surface area (TPSA) is 45.0 Å². The summed E-state index contributed by atoms with van der Waals surface area (Å²) in [6.07, 6.45) is -2.75. The van der Waals surface area contributed by atoms with Crippen molar-refractivity contribution in [3.05, 3.63) is 96.1 Å². The molecule has 0 saturated carbocycles. The minimum atomic E-state index is -4.44. The van der Waals surface area contributed by atoms with E-state index in [2.05, 4.69) is 0 Å². The van der Waals surface area contributed by atoms with Crippen LogP contribution in [-0.2, 0) is 11.0 Å². The molecule has 36 heavy (non-hydrogen) atoms. The first-order valence-corrected chi connectivity index (χ1v) is 11.3. The maximum Gasteiger partial charge on any atom is 0.416 e. The van der Waals surface area contributed by atoms with Crippen molar-refractivity contribution in [2.75, 3.05) is 31.1 Å². The Morgan fingerprint density at radius 2 is 1.53 bits per heavy atom. The largest absolute Gasteiger partial charge is 0.416 e. The number of hydrogen-bond acceptors (Lipinski definition) is 3. The van der Waals surface area contributed by atoms with Crippen LogP contribution in [0.2, 0.25) is 0 Å². The Hall–Kier alpha value is -4.14. The minimum Gasteiger partial charge on any atom is -0.368 e. The van der Waals surface area contributed by atoms with Crippen LogP contribution in [0.3, 0.4) is 0 Å². The molecule has 1 fully saturated rings. The number of alkyl halides is 3. The van der Waals surface area contributed by atoms with Gasteiger partial charge in [-0.25, -0.2) is 4.39 Å². The normalized spacial score (nSPS) is 14.3. The molecular weight excluding hydrogens is 474 g/mol. The van der Waals surface area contributed by atoms with Gasteiger partial charge in [0.25, 0.3) is 11.7 Å². The van der Waals surface area contributed by atoms with Crippen molar-refractivity contribution in [2.24, 2.45) is 0 Å². The fourth-order valence-electron chi connectivity index (χ4n) is 4.50. The Morgan fingerprint density at radius 1 is 0.806 bits per heavy atom. The van der Waals surface area contributed by atoms with Gasteiger partial charge < -0.3 is 14.2 Å². The summed E-state index contributed by atoms with van der Waals surface area (Å²) in [7, 11) is 0. The summed E-state index contributed by atoms with van der Waals surface area (Å²) in [5.74, 6) is -1.80. The number of fused-ring (bicyclic) bond motifs is 1. The van der Waals surface area contributed by atoms with E-state index in [1.165, 1.54) is 23.1 Å². The molecule has 2 aromatic heterocycles. The number of halogens is 4. The van der Waals surface area contributed by atoms with Crippen molar-refractivity contribution in [3.63, 3.8) is 0 Å². The number of aromatic nitrogens is 1. The fourth-order valence-corrected chi connectivity index (χ4v) is 4.50. The zero-order valence-corrected chi connectivity index (χ0v) is 19.0. The Morgan fingerprint density at radius 3 is 2.22 bits per heavy atom. The van der Waals surface area contributed by atoms with Crippen LogP contribution in [0.5, 0.6) is 0 Å². The standard InChI is InChI=1S/C27H21F4N3O2/c28-20-9-7-18(8-10-20)23-17-22-5-1-2-11-34(22)24(23)25(35)26(36)33-14-12-32(13-15-33)21-6-3-4-19(16-21)27(29,30)31/h1-11,16-17H,12-15H2. The number of Topliss-reactive ketones (excluding diaryl/α,β-unsaturated/α-hetero) is 1. The number of benzene rings is 2. The maximum absolute atomic E-state index is 13.5. The fraction of sp³-hybridized carbons (Fsp3) is 0.185. The highest BCUT2D eigenvalue weighted by Gasteiger charge is 2.33. The van der Waals surface area contributed by atoms with Gasteiger partial charge in [-0.15, -0.1) is 0 Å². The Kier molecular flexibility index (Phi) is 5.99. The van der Waals surface area contributed by atoms with Gasteiger partial charge in [0.1, 0.15) is 11.5 Å². The quantitative estimate of drug-likeness (QED) is 0.219. The number of nitrogens with zero attached hydrogens (tertiary/aromatic N) is 3. The van der Waals surface area contributed by atoms with Crippen LogP contribution < -0.4 is 4.90 Å². The predicted molar refractivity (Wildman–Crippen MR) is 127 cm³/mol. The third-order valence-corrected chi connectivity index (χ3v) is 6.35. The summed E-state index contributed by atoms with van der Waals surface area (Å²) in [5.41, 5.74) is 1.69. The first-order chi connectivity index (χ1) is 17.2. The van der Waals surface area contributed by atoms with E-state index in [-0.39, 0.29) is 18.8 Å². The molecule has 0 atom stereocenters. The highest BCUT2D eigenvalue weighted by atomic mass is 19.4. The summed E-state index contributed by atoms with van der Waals surface area (Å²) >= 11 is 0. The molecule has 0 N–H and O–H groups in total. The lowest BCUT2D eigenvalue weighted by Gasteiger charge is -2.36. The molecule has 5 rings (SSSR count). The minimum absolute atomic E-state index is 0.183. The van der Waals surface area contributed by atoms with E-state index in [1.807, 2.05) is 12.1 Å². The lowest BCUT2D eigenvalue weighted by Crippen LogP contribution is -2.50. The molecule has 0 bridgehead atoms. The first kappa shape index (κ1) is 23.6. The molecule has 184 valence electrons. The summed E-state index contributed by atoms with van der Waals surface area (Å²) in [6, 6.07) is 17.9. The number of hydrogen-bond donors (Lipinski definition) is 0. The van der Waals surface area contributed by atoms with E-state index in [1.54, 1.807) is 45.8 Å². The second kappa shape index (κ2) is 9.14. The van der Waals surface area contributed by atoms with Crippen LogP contribution in [0.25, 0.3) is 16.6 Å². The van der Waals surface area contributed by atoms with Gasteiger partial charge in [-0.05, 0) is 54.1 Å². The van der Waals surface area contributed by atoms with Crippen LogP contribution in [0.1, 0.15) is 16.1 Å². The van der Waals surface area contributed by atoms with Crippen LogP contribution in [-0.4, -0.2) is 47.2 Å². The number of amides is 1. The van der Waals surface area contributed by atoms with Crippen LogP contribution >= 0.6 is 0 Å². The molecule has 1 aliphatic rings. The number of ketones is 1. The monoisotopic (exact) mass is 495 g/mol. The van der Waals surface area contributed by atoms with E-state index >= 15 is 0 Å². The molecule has 9 heteroatoms. The maximum atomic E-state index is 13.5. The van der Waals surface area contributed by atoms with Crippen molar-refractivity contribution in [2.45, 2.75) is 6.18 Å². The van der Waals surface area contributed by atoms with Crippen LogP contribution in [0, 0.1) is 5.82 Å². The summed E-state index contributed by atoms with van der Waals surface area (Å²) in [5, 5.41) is 0. The molecule has 1 aliphatic heterocycles. The SMILES string of the molecule is O=C(C(=O)N1CCN(c2cccc(C(F)(F)F)c2)CC1)c1c(-c2ccc(F)cc2)cc2ccccn12. The van der Waals surface area contributed by atoms with E-state index < -0.39 is 29.2 Å². The summed E-state index contributed by atoms with van der Waals surface area (Å²) in [4.78, 5) is 29.9. The Balaban J connectivity index is 1.38. The number of anilines is 1. The van der Waals surface area contributed by atoms with Crippen LogP contribution in [0.4, 0.5) is 23.2 Å². The molecule has 2 aromatic carbocycles. The van der Waals surface area contributed by atoms with Gasteiger partial charge in [0, 0.05) is 49.1 Å². The molecule has 4 aromatic rings. The smallest absolute Gasteiger partial charge is 0.368 e. The predicted octanol–water partition coefficient (Wildman–Crippen LogP) is 5.30. The summed E-state index contributed by atoms with van der Waals surface area (Å²) < 4.78 is 54.4. The van der Waals surface area contributed by atoms with Gasteiger partial charge in [-0.2, -0.15) is 13.2 Å². The average molecular weight is 495 g/mol. The second-order valence-electron chi connectivity index (χ2n) is 8.57. The highest BCUT2D eigenvalue weighted by molar-refractivity contribution is 6.43. The molecule has 1 saturated heterocycles. The Labute approximate surface area is 204 Å². The number of piperazine rings is 1. The van der Waals surface area contributed by atoms with Crippen molar-refractivity contribution >= 4 is 22.9 Å². The molecule has 1 amide bonds. The van der Waals surface area contributed by atoms with Gasteiger partial charge in [0.05, 0.1) is 5.56 Å². The molecule has 5 nitrogen and oxygen atoms in total. The summed E-state index contributed by atoms with van der Waals surface area (Å²) in [6.45, 7) is 0.964. The number of carbonyl (C=O) groups is 2. The molecule has 3 heterocycles. The van der Waals surface area contributed by atoms with Crippen molar-refractivity contribution in [1.29, 1.82) is 0 Å².